The second-order valence-corrected chi connectivity index (χ2v) is 4.06. The van der Waals surface area contributed by atoms with Gasteiger partial charge in [0.05, 0.1) is 6.10 Å². The number of hydrogen-bond donors (Lipinski definition) is 1. The molecular formula is C10H18F3NO. The Labute approximate surface area is 88.2 Å². The summed E-state index contributed by atoms with van der Waals surface area (Å²) in [7, 11) is 0. The van der Waals surface area contributed by atoms with Crippen molar-refractivity contribution in [2.75, 3.05) is 6.54 Å². The number of ether oxygens (including phenoxy) is 1. The lowest BCUT2D eigenvalue weighted by molar-refractivity contribution is -0.235. The lowest BCUT2D eigenvalue weighted by atomic mass is 9.89. The zero-order valence-electron chi connectivity index (χ0n) is 9.10. The van der Waals surface area contributed by atoms with E-state index in [0.29, 0.717) is 18.9 Å². The summed E-state index contributed by atoms with van der Waals surface area (Å²) < 4.78 is 41.3. The van der Waals surface area contributed by atoms with Crippen LogP contribution in [0.25, 0.3) is 0 Å². The van der Waals surface area contributed by atoms with Crippen LogP contribution >= 0.6 is 0 Å². The van der Waals surface area contributed by atoms with E-state index in [9.17, 15) is 13.2 Å². The molecule has 0 aromatic carbocycles. The minimum absolute atomic E-state index is 0.226. The Hall–Kier alpha value is -0.290. The highest BCUT2D eigenvalue weighted by atomic mass is 19.4. The molecule has 1 unspecified atom stereocenters. The van der Waals surface area contributed by atoms with Crippen molar-refractivity contribution in [3.8, 4) is 0 Å². The molecule has 0 radical (unpaired) electrons. The maximum Gasteiger partial charge on any atom is 0.414 e. The molecule has 1 saturated carbocycles. The third-order valence-corrected chi connectivity index (χ3v) is 2.64. The Morgan fingerprint density at radius 2 is 2.00 bits per heavy atom. The minimum atomic E-state index is -4.23. The van der Waals surface area contributed by atoms with Crippen molar-refractivity contribution in [1.82, 2.24) is 5.32 Å². The van der Waals surface area contributed by atoms with Gasteiger partial charge in [-0.15, -0.1) is 0 Å². The Morgan fingerprint density at radius 1 is 1.40 bits per heavy atom. The molecule has 1 rings (SSSR count). The molecule has 0 spiro atoms. The largest absolute Gasteiger partial charge is 0.414 e. The summed E-state index contributed by atoms with van der Waals surface area (Å²) in [6.45, 7) is 4.05. The van der Waals surface area contributed by atoms with Crippen LogP contribution in [0.1, 0.15) is 33.1 Å². The first-order chi connectivity index (χ1) is 6.93. The summed E-state index contributed by atoms with van der Waals surface area (Å²) in [6.07, 6.45) is -3.67. The highest BCUT2D eigenvalue weighted by Crippen LogP contribution is 2.30. The number of alkyl halides is 3. The third kappa shape index (κ3) is 3.99. The average Bonchev–Trinajstić information content (AvgIpc) is 2.06. The van der Waals surface area contributed by atoms with E-state index in [1.807, 2.05) is 0 Å². The van der Waals surface area contributed by atoms with Crippen LogP contribution in [0.4, 0.5) is 13.2 Å². The molecule has 0 saturated heterocycles. The van der Waals surface area contributed by atoms with E-state index in [1.54, 1.807) is 0 Å². The molecule has 0 bridgehead atoms. The molecule has 1 aliphatic rings. The number of hydrogen-bond acceptors (Lipinski definition) is 2. The summed E-state index contributed by atoms with van der Waals surface area (Å²) in [5.41, 5.74) is 0. The predicted octanol–water partition coefficient (Wildman–Crippen LogP) is 2.48. The molecule has 15 heavy (non-hydrogen) atoms. The summed E-state index contributed by atoms with van der Waals surface area (Å²) in [5.74, 6) is 0. The van der Waals surface area contributed by atoms with Crippen molar-refractivity contribution < 1.29 is 17.9 Å². The summed E-state index contributed by atoms with van der Waals surface area (Å²) >= 11 is 0. The van der Waals surface area contributed by atoms with Crippen LogP contribution in [0.15, 0.2) is 0 Å². The summed E-state index contributed by atoms with van der Waals surface area (Å²) in [4.78, 5) is 0. The van der Waals surface area contributed by atoms with Crippen molar-refractivity contribution in [2.45, 2.75) is 57.5 Å². The van der Waals surface area contributed by atoms with Gasteiger partial charge in [-0.25, -0.2) is 0 Å². The van der Waals surface area contributed by atoms with E-state index in [1.165, 1.54) is 0 Å². The van der Waals surface area contributed by atoms with Crippen LogP contribution in [-0.4, -0.2) is 31.0 Å². The molecule has 1 aliphatic carbocycles. The summed E-state index contributed by atoms with van der Waals surface area (Å²) in [6, 6.07) is 0.343. The Kier molecular flexibility index (Phi) is 4.40. The van der Waals surface area contributed by atoms with Crippen molar-refractivity contribution in [3.05, 3.63) is 0 Å². The van der Waals surface area contributed by atoms with Crippen molar-refractivity contribution in [3.63, 3.8) is 0 Å². The van der Waals surface area contributed by atoms with Crippen LogP contribution < -0.4 is 5.32 Å². The normalized spacial score (nSPS) is 28.6. The molecule has 1 atom stereocenters. The van der Waals surface area contributed by atoms with Gasteiger partial charge in [0.15, 0.2) is 6.10 Å². The number of halogens is 3. The molecule has 0 aliphatic heterocycles. The molecule has 0 aromatic rings. The quantitative estimate of drug-likeness (QED) is 0.776. The fraction of sp³-hybridized carbons (Fsp3) is 1.00. The first-order valence-electron chi connectivity index (χ1n) is 5.39. The second kappa shape index (κ2) is 5.16. The van der Waals surface area contributed by atoms with Gasteiger partial charge in [0.25, 0.3) is 0 Å². The van der Waals surface area contributed by atoms with Crippen LogP contribution in [-0.2, 0) is 4.74 Å². The van der Waals surface area contributed by atoms with E-state index in [2.05, 4.69) is 12.2 Å². The van der Waals surface area contributed by atoms with Crippen molar-refractivity contribution >= 4 is 0 Å². The van der Waals surface area contributed by atoms with Gasteiger partial charge in [-0.1, -0.05) is 6.92 Å². The Bertz CT molecular complexity index is 190. The molecule has 2 nitrogen and oxygen atoms in total. The third-order valence-electron chi connectivity index (χ3n) is 2.64. The molecular weight excluding hydrogens is 207 g/mol. The zero-order valence-corrected chi connectivity index (χ0v) is 9.10. The minimum Gasteiger partial charge on any atom is -0.366 e. The Balaban J connectivity index is 2.12. The van der Waals surface area contributed by atoms with Crippen LogP contribution in [0.5, 0.6) is 0 Å². The second-order valence-electron chi connectivity index (χ2n) is 4.06. The van der Waals surface area contributed by atoms with Gasteiger partial charge in [-0.3, -0.25) is 0 Å². The van der Waals surface area contributed by atoms with Gasteiger partial charge >= 0.3 is 6.18 Å². The van der Waals surface area contributed by atoms with Crippen LogP contribution in [0, 0.1) is 0 Å². The maximum absolute atomic E-state index is 12.1. The van der Waals surface area contributed by atoms with Gasteiger partial charge in [-0.2, -0.15) is 13.2 Å². The average molecular weight is 225 g/mol. The topological polar surface area (TPSA) is 21.3 Å². The zero-order chi connectivity index (χ0) is 11.5. The van der Waals surface area contributed by atoms with Crippen molar-refractivity contribution in [2.24, 2.45) is 0 Å². The van der Waals surface area contributed by atoms with E-state index >= 15 is 0 Å². The lowest BCUT2D eigenvalue weighted by Gasteiger charge is -2.37. The first kappa shape index (κ1) is 12.8. The van der Waals surface area contributed by atoms with Gasteiger partial charge < -0.3 is 10.1 Å². The van der Waals surface area contributed by atoms with Gasteiger partial charge in [0.2, 0.25) is 0 Å². The monoisotopic (exact) mass is 225 g/mol. The highest BCUT2D eigenvalue weighted by Gasteiger charge is 2.41. The van der Waals surface area contributed by atoms with Gasteiger partial charge in [0, 0.05) is 6.04 Å². The van der Waals surface area contributed by atoms with E-state index in [4.69, 9.17) is 4.74 Å². The van der Waals surface area contributed by atoms with Crippen LogP contribution in [0.2, 0.25) is 0 Å². The van der Waals surface area contributed by atoms with Gasteiger partial charge in [0.1, 0.15) is 0 Å². The highest BCUT2D eigenvalue weighted by molar-refractivity contribution is 4.86. The fourth-order valence-corrected chi connectivity index (χ4v) is 1.56. The maximum atomic E-state index is 12.1. The molecule has 90 valence electrons. The fourth-order valence-electron chi connectivity index (χ4n) is 1.56. The summed E-state index contributed by atoms with van der Waals surface area (Å²) in [5, 5.41) is 3.25. The van der Waals surface area contributed by atoms with E-state index in [-0.39, 0.29) is 6.10 Å². The van der Waals surface area contributed by atoms with E-state index < -0.39 is 12.3 Å². The molecule has 5 heteroatoms. The molecule has 1 N–H and O–H groups in total. The SMILES string of the molecule is CCCNC1CC(OC(C)C(F)(F)F)C1. The lowest BCUT2D eigenvalue weighted by Crippen LogP contribution is -2.48. The standard InChI is InChI=1S/C10H18F3NO/c1-3-4-14-8-5-9(6-8)15-7(2)10(11,12)13/h7-9,14H,3-6H2,1-2H3. The van der Waals surface area contributed by atoms with Gasteiger partial charge in [-0.05, 0) is 32.7 Å². The number of nitrogens with one attached hydrogen (secondary N) is 1. The van der Waals surface area contributed by atoms with Crippen molar-refractivity contribution in [1.29, 1.82) is 0 Å². The number of rotatable bonds is 5. The predicted molar refractivity (Wildman–Crippen MR) is 51.7 cm³/mol. The molecule has 0 heterocycles. The van der Waals surface area contributed by atoms with E-state index in [0.717, 1.165) is 19.9 Å². The molecule has 0 amide bonds. The Morgan fingerprint density at radius 3 is 2.47 bits per heavy atom. The molecule has 1 fully saturated rings. The smallest absolute Gasteiger partial charge is 0.366 e. The first-order valence-corrected chi connectivity index (χ1v) is 5.39. The van der Waals surface area contributed by atoms with Crippen LogP contribution in [0.3, 0.4) is 0 Å². The molecule has 0 aromatic heterocycles.